The second-order valence-corrected chi connectivity index (χ2v) is 6.69. The molecule has 0 radical (unpaired) electrons. The number of hydrogen-bond acceptors (Lipinski definition) is 6. The minimum Gasteiger partial charge on any atom is -0.461 e. The Morgan fingerprint density at radius 3 is 2.38 bits per heavy atom. The first kappa shape index (κ1) is 20.3. The number of carbonyl (C=O) groups excluding carboxylic acids is 2. The molecule has 6 nitrogen and oxygen atoms in total. The molecule has 3 rings (SSSR count). The van der Waals surface area contributed by atoms with Crippen LogP contribution < -0.4 is 10.4 Å². The molecule has 1 aromatic heterocycles. The molecule has 0 bridgehead atoms. The molecule has 1 heterocycles. The average Bonchev–Trinajstić information content (AvgIpc) is 2.68. The van der Waals surface area contributed by atoms with Gasteiger partial charge >= 0.3 is 17.6 Å². The van der Waals surface area contributed by atoms with Crippen molar-refractivity contribution in [3.8, 4) is 16.9 Å². The topological polar surface area (TPSA) is 82.8 Å². The first-order chi connectivity index (χ1) is 13.9. The van der Waals surface area contributed by atoms with Crippen LogP contribution >= 0.6 is 0 Å². The Bertz CT molecular complexity index is 1110. The Kier molecular flexibility index (Phi) is 6.12. The fraction of sp³-hybridized carbons (Fsp3) is 0.261. The highest BCUT2D eigenvalue weighted by Gasteiger charge is 2.22. The van der Waals surface area contributed by atoms with Crippen molar-refractivity contribution < 1.29 is 23.5 Å². The summed E-state index contributed by atoms with van der Waals surface area (Å²) in [6.07, 6.45) is 1.45. The number of carbonyl (C=O) groups is 2. The summed E-state index contributed by atoms with van der Waals surface area (Å²) in [6, 6.07) is 12.8. The van der Waals surface area contributed by atoms with E-state index in [-0.39, 0.29) is 17.9 Å². The van der Waals surface area contributed by atoms with Gasteiger partial charge in [0.05, 0.1) is 5.56 Å². The third kappa shape index (κ3) is 4.54. The quantitative estimate of drug-likeness (QED) is 0.350. The lowest BCUT2D eigenvalue weighted by atomic mass is 9.95. The van der Waals surface area contributed by atoms with E-state index in [2.05, 4.69) is 0 Å². The molecule has 0 spiro atoms. The Labute approximate surface area is 168 Å². The fourth-order valence-electron chi connectivity index (χ4n) is 3.29. The van der Waals surface area contributed by atoms with Crippen LogP contribution in [0.3, 0.4) is 0 Å². The van der Waals surface area contributed by atoms with E-state index in [1.165, 1.54) is 19.9 Å². The SMILES string of the molecule is CCCc1cc2c(-c3ccccc3)cc(=O)oc2c(COC(C)=O)c1OC(C)=O. The summed E-state index contributed by atoms with van der Waals surface area (Å²) in [5.41, 5.74) is 2.40. The summed E-state index contributed by atoms with van der Waals surface area (Å²) in [5.74, 6) is -0.719. The van der Waals surface area contributed by atoms with Gasteiger partial charge in [0, 0.05) is 25.3 Å². The molecule has 29 heavy (non-hydrogen) atoms. The number of aryl methyl sites for hydroxylation is 1. The van der Waals surface area contributed by atoms with Crippen LogP contribution in [-0.4, -0.2) is 11.9 Å². The van der Waals surface area contributed by atoms with E-state index in [9.17, 15) is 14.4 Å². The number of benzene rings is 2. The van der Waals surface area contributed by atoms with Crippen molar-refractivity contribution >= 4 is 22.9 Å². The highest BCUT2D eigenvalue weighted by molar-refractivity contribution is 5.97. The second kappa shape index (κ2) is 8.73. The first-order valence-electron chi connectivity index (χ1n) is 9.40. The van der Waals surface area contributed by atoms with Crippen LogP contribution in [0.5, 0.6) is 5.75 Å². The van der Waals surface area contributed by atoms with E-state index in [0.29, 0.717) is 22.9 Å². The molecule has 3 aromatic rings. The Morgan fingerprint density at radius 1 is 1.03 bits per heavy atom. The van der Waals surface area contributed by atoms with Crippen molar-refractivity contribution in [1.29, 1.82) is 0 Å². The highest BCUT2D eigenvalue weighted by atomic mass is 16.5. The van der Waals surface area contributed by atoms with Gasteiger partial charge in [-0.2, -0.15) is 0 Å². The van der Waals surface area contributed by atoms with Gasteiger partial charge in [0.15, 0.2) is 0 Å². The molecule has 0 fully saturated rings. The Hall–Kier alpha value is -3.41. The molecule has 150 valence electrons. The molecule has 0 N–H and O–H groups in total. The zero-order chi connectivity index (χ0) is 21.0. The molecule has 0 aliphatic heterocycles. The van der Waals surface area contributed by atoms with Crippen LogP contribution in [0.2, 0.25) is 0 Å². The van der Waals surface area contributed by atoms with E-state index >= 15 is 0 Å². The molecule has 2 aromatic carbocycles. The number of rotatable bonds is 6. The van der Waals surface area contributed by atoms with Gasteiger partial charge in [-0.25, -0.2) is 4.79 Å². The molecule has 0 unspecified atom stereocenters. The van der Waals surface area contributed by atoms with Crippen LogP contribution in [0, 0.1) is 0 Å². The van der Waals surface area contributed by atoms with Gasteiger partial charge in [0.25, 0.3) is 0 Å². The van der Waals surface area contributed by atoms with Crippen LogP contribution in [0.25, 0.3) is 22.1 Å². The van der Waals surface area contributed by atoms with Gasteiger partial charge in [0.1, 0.15) is 17.9 Å². The zero-order valence-electron chi connectivity index (χ0n) is 16.6. The van der Waals surface area contributed by atoms with Gasteiger partial charge in [0.2, 0.25) is 0 Å². The van der Waals surface area contributed by atoms with Crippen LogP contribution in [0.15, 0.2) is 51.7 Å². The van der Waals surface area contributed by atoms with Crippen LogP contribution in [0.4, 0.5) is 0 Å². The zero-order valence-corrected chi connectivity index (χ0v) is 16.6. The summed E-state index contributed by atoms with van der Waals surface area (Å²) < 4.78 is 16.2. The lowest BCUT2D eigenvalue weighted by molar-refractivity contribution is -0.142. The predicted molar refractivity (Wildman–Crippen MR) is 109 cm³/mol. The molecule has 0 aliphatic rings. The normalized spacial score (nSPS) is 10.7. The van der Waals surface area contributed by atoms with Gasteiger partial charge in [-0.05, 0) is 29.2 Å². The van der Waals surface area contributed by atoms with Crippen molar-refractivity contribution in [2.24, 2.45) is 0 Å². The van der Waals surface area contributed by atoms with Crippen molar-refractivity contribution in [3.05, 3.63) is 64.0 Å². The van der Waals surface area contributed by atoms with Gasteiger partial charge in [-0.15, -0.1) is 0 Å². The fourth-order valence-corrected chi connectivity index (χ4v) is 3.29. The summed E-state index contributed by atoms with van der Waals surface area (Å²) in [7, 11) is 0. The standard InChI is InChI=1S/C23H22O6/c1-4-8-17-11-19-18(16-9-6-5-7-10-16)12-21(26)29-23(19)20(13-27-14(2)24)22(17)28-15(3)25/h5-7,9-12H,4,8,13H2,1-3H3. The Balaban J connectivity index is 2.38. The summed E-state index contributed by atoms with van der Waals surface area (Å²) in [4.78, 5) is 35.5. The van der Waals surface area contributed by atoms with Crippen LogP contribution in [0.1, 0.15) is 38.3 Å². The van der Waals surface area contributed by atoms with Gasteiger partial charge < -0.3 is 13.9 Å². The molecule has 0 atom stereocenters. The molecule has 0 aliphatic carbocycles. The van der Waals surface area contributed by atoms with Gasteiger partial charge in [-0.3, -0.25) is 9.59 Å². The van der Waals surface area contributed by atoms with E-state index < -0.39 is 17.6 Å². The largest absolute Gasteiger partial charge is 0.461 e. The summed E-state index contributed by atoms with van der Waals surface area (Å²) >= 11 is 0. The van der Waals surface area contributed by atoms with E-state index in [4.69, 9.17) is 13.9 Å². The predicted octanol–water partition coefficient (Wildman–Crippen LogP) is 4.40. The maximum absolute atomic E-state index is 12.3. The van der Waals surface area contributed by atoms with Crippen molar-refractivity contribution in [2.45, 2.75) is 40.2 Å². The maximum atomic E-state index is 12.3. The average molecular weight is 394 g/mol. The lowest BCUT2D eigenvalue weighted by Crippen LogP contribution is -2.11. The second-order valence-electron chi connectivity index (χ2n) is 6.69. The molecule has 6 heteroatoms. The number of fused-ring (bicyclic) bond motifs is 1. The Morgan fingerprint density at radius 2 is 1.76 bits per heavy atom. The molecule has 0 saturated carbocycles. The molecular weight excluding hydrogens is 372 g/mol. The highest BCUT2D eigenvalue weighted by Crippen LogP contribution is 2.37. The number of hydrogen-bond donors (Lipinski definition) is 0. The van der Waals surface area contributed by atoms with Crippen LogP contribution in [-0.2, 0) is 27.4 Å². The van der Waals surface area contributed by atoms with E-state index in [0.717, 1.165) is 17.5 Å². The molecule has 0 amide bonds. The first-order valence-corrected chi connectivity index (χ1v) is 9.40. The number of ether oxygens (including phenoxy) is 2. The minimum absolute atomic E-state index is 0.173. The monoisotopic (exact) mass is 394 g/mol. The van der Waals surface area contributed by atoms with E-state index in [1.807, 2.05) is 43.3 Å². The smallest absolute Gasteiger partial charge is 0.336 e. The lowest BCUT2D eigenvalue weighted by Gasteiger charge is -2.17. The van der Waals surface area contributed by atoms with Crippen molar-refractivity contribution in [1.82, 2.24) is 0 Å². The van der Waals surface area contributed by atoms with Gasteiger partial charge in [-0.1, -0.05) is 43.7 Å². The third-order valence-corrected chi connectivity index (χ3v) is 4.43. The minimum atomic E-state index is -0.544. The summed E-state index contributed by atoms with van der Waals surface area (Å²) in [6.45, 7) is 4.42. The third-order valence-electron chi connectivity index (χ3n) is 4.43. The number of esters is 2. The maximum Gasteiger partial charge on any atom is 0.336 e. The van der Waals surface area contributed by atoms with Crippen molar-refractivity contribution in [2.75, 3.05) is 0 Å². The molecule has 0 saturated heterocycles. The van der Waals surface area contributed by atoms with E-state index in [1.54, 1.807) is 0 Å². The van der Waals surface area contributed by atoms with Crippen molar-refractivity contribution in [3.63, 3.8) is 0 Å². The molecular formula is C23H22O6. The summed E-state index contributed by atoms with van der Waals surface area (Å²) in [5, 5.41) is 0.692.